The van der Waals surface area contributed by atoms with Crippen LogP contribution in [0.3, 0.4) is 0 Å². The summed E-state index contributed by atoms with van der Waals surface area (Å²) in [4.78, 5) is 24.0. The van der Waals surface area contributed by atoms with Gasteiger partial charge in [0.05, 0.1) is 11.4 Å². The highest BCUT2D eigenvalue weighted by Crippen LogP contribution is 2.36. The lowest BCUT2D eigenvalue weighted by Gasteiger charge is -2.19. The summed E-state index contributed by atoms with van der Waals surface area (Å²) in [7, 11) is 0. The molecule has 2 N–H and O–H groups in total. The van der Waals surface area contributed by atoms with Gasteiger partial charge < -0.3 is 14.9 Å². The molecule has 0 unspecified atom stereocenters. The van der Waals surface area contributed by atoms with E-state index in [1.54, 1.807) is 24.3 Å². The average molecular weight is 377 g/mol. The van der Waals surface area contributed by atoms with E-state index in [9.17, 15) is 18.4 Å². The molecule has 1 heterocycles. The maximum atomic E-state index is 14.8. The Kier molecular flexibility index (Phi) is 5.41. The van der Waals surface area contributed by atoms with Gasteiger partial charge in [0.25, 0.3) is 0 Å². The molecule has 26 heavy (non-hydrogen) atoms. The summed E-state index contributed by atoms with van der Waals surface area (Å²) in [6.07, 6.45) is 2.61. The van der Waals surface area contributed by atoms with Crippen molar-refractivity contribution >= 4 is 35.6 Å². The zero-order valence-electron chi connectivity index (χ0n) is 14.0. The lowest BCUT2D eigenvalue weighted by molar-refractivity contribution is -0.121. The smallest absolute Gasteiger partial charge is 0.249 e. The summed E-state index contributed by atoms with van der Waals surface area (Å²) in [5, 5.41) is 2.39. The highest BCUT2D eigenvalue weighted by Gasteiger charge is 2.34. The predicted octanol–water partition coefficient (Wildman–Crippen LogP) is 3.17. The van der Waals surface area contributed by atoms with Gasteiger partial charge >= 0.3 is 0 Å². The number of carbonyl (C=O) groups is 2. The van der Waals surface area contributed by atoms with Crippen molar-refractivity contribution < 1.29 is 18.4 Å². The van der Waals surface area contributed by atoms with Crippen molar-refractivity contribution in [2.24, 2.45) is 0 Å². The molecule has 1 aliphatic rings. The SMILES string of the molecule is CSNc1ccccc1-c1ccc(N2CC[C@@H](NC=O)C2=O)c(F)c1F. The standard InChI is InChI=1S/C18H17F2N3O2S/c1-26-22-13-5-3-2-4-11(13)12-6-7-15(17(20)16(12)19)23-9-8-14(18(23)25)21-10-24/h2-7,10,14,22H,8-9H2,1H3,(H,21,24)/t14-/m1/s1. The van der Waals surface area contributed by atoms with Crippen LogP contribution in [0.5, 0.6) is 0 Å². The van der Waals surface area contributed by atoms with E-state index in [0.29, 0.717) is 24.1 Å². The molecule has 0 spiro atoms. The first-order valence-corrected chi connectivity index (χ1v) is 9.18. The number of amides is 2. The molecule has 5 nitrogen and oxygen atoms in total. The number of benzene rings is 2. The number of nitrogens with zero attached hydrogens (tertiary/aromatic N) is 1. The van der Waals surface area contributed by atoms with Crippen molar-refractivity contribution in [3.63, 3.8) is 0 Å². The van der Waals surface area contributed by atoms with Gasteiger partial charge in [-0.3, -0.25) is 9.59 Å². The Morgan fingerprint density at radius 2 is 1.92 bits per heavy atom. The molecule has 0 aliphatic carbocycles. The van der Waals surface area contributed by atoms with Crippen LogP contribution < -0.4 is 14.9 Å². The fourth-order valence-electron chi connectivity index (χ4n) is 3.03. The summed E-state index contributed by atoms with van der Waals surface area (Å²) < 4.78 is 32.5. The predicted molar refractivity (Wildman–Crippen MR) is 98.9 cm³/mol. The third kappa shape index (κ3) is 3.24. The van der Waals surface area contributed by atoms with Gasteiger partial charge in [0.1, 0.15) is 6.04 Å². The van der Waals surface area contributed by atoms with E-state index in [4.69, 9.17) is 0 Å². The minimum atomic E-state index is -1.08. The average Bonchev–Trinajstić information content (AvgIpc) is 2.99. The normalized spacial score (nSPS) is 16.7. The molecule has 0 saturated carbocycles. The second-order valence-electron chi connectivity index (χ2n) is 5.73. The number of hydrogen-bond acceptors (Lipinski definition) is 4. The monoisotopic (exact) mass is 377 g/mol. The summed E-state index contributed by atoms with van der Waals surface area (Å²) in [5.41, 5.74) is 1.18. The molecule has 2 aromatic carbocycles. The molecule has 1 fully saturated rings. The molecule has 2 aromatic rings. The molecule has 3 rings (SSSR count). The van der Waals surface area contributed by atoms with E-state index >= 15 is 0 Å². The van der Waals surface area contributed by atoms with Gasteiger partial charge in [0.2, 0.25) is 12.3 Å². The van der Waals surface area contributed by atoms with Crippen LogP contribution in [0.15, 0.2) is 36.4 Å². The Morgan fingerprint density at radius 3 is 2.65 bits per heavy atom. The first-order valence-electron chi connectivity index (χ1n) is 7.96. The van der Waals surface area contributed by atoms with Gasteiger partial charge in [0, 0.05) is 23.9 Å². The fraction of sp³-hybridized carbons (Fsp3) is 0.222. The number of rotatable bonds is 6. The van der Waals surface area contributed by atoms with Crippen LogP contribution in [0, 0.1) is 11.6 Å². The van der Waals surface area contributed by atoms with Crippen molar-refractivity contribution in [3.8, 4) is 11.1 Å². The zero-order chi connectivity index (χ0) is 18.7. The van der Waals surface area contributed by atoms with E-state index in [1.165, 1.54) is 24.1 Å². The third-order valence-electron chi connectivity index (χ3n) is 4.26. The second kappa shape index (κ2) is 7.74. The second-order valence-corrected chi connectivity index (χ2v) is 6.34. The highest BCUT2D eigenvalue weighted by molar-refractivity contribution is 7.99. The molecule has 1 saturated heterocycles. The first kappa shape index (κ1) is 18.2. The molecular weight excluding hydrogens is 360 g/mol. The molecule has 1 aliphatic heterocycles. The van der Waals surface area contributed by atoms with Crippen molar-refractivity contribution in [2.45, 2.75) is 12.5 Å². The Hall–Kier alpha value is -2.61. The van der Waals surface area contributed by atoms with Gasteiger partial charge in [-0.2, -0.15) is 0 Å². The van der Waals surface area contributed by atoms with E-state index in [2.05, 4.69) is 10.0 Å². The Morgan fingerprint density at radius 1 is 1.15 bits per heavy atom. The van der Waals surface area contributed by atoms with Crippen LogP contribution >= 0.6 is 11.9 Å². The fourth-order valence-corrected chi connectivity index (χ4v) is 3.43. The molecule has 1 atom stereocenters. The van der Waals surface area contributed by atoms with E-state index in [0.717, 1.165) is 4.90 Å². The molecule has 2 amide bonds. The van der Waals surface area contributed by atoms with E-state index < -0.39 is 23.6 Å². The Bertz CT molecular complexity index is 847. The topological polar surface area (TPSA) is 61.4 Å². The van der Waals surface area contributed by atoms with Crippen molar-refractivity contribution in [1.29, 1.82) is 0 Å². The van der Waals surface area contributed by atoms with Crippen LogP contribution in [0.25, 0.3) is 11.1 Å². The number of para-hydroxylation sites is 1. The molecular formula is C18H17F2N3O2S. The number of nitrogens with one attached hydrogen (secondary N) is 2. The summed E-state index contributed by atoms with van der Waals surface area (Å²) in [6, 6.07) is 9.16. The minimum Gasteiger partial charge on any atom is -0.347 e. The number of anilines is 2. The summed E-state index contributed by atoms with van der Waals surface area (Å²) in [6.45, 7) is 0.213. The van der Waals surface area contributed by atoms with Crippen molar-refractivity contribution in [1.82, 2.24) is 5.32 Å². The lowest BCUT2D eigenvalue weighted by atomic mass is 10.0. The number of halogens is 2. The minimum absolute atomic E-state index is 0.109. The highest BCUT2D eigenvalue weighted by atomic mass is 32.2. The van der Waals surface area contributed by atoms with Crippen LogP contribution in [0.2, 0.25) is 0 Å². The summed E-state index contributed by atoms with van der Waals surface area (Å²) >= 11 is 1.35. The third-order valence-corrected chi connectivity index (χ3v) is 4.68. The van der Waals surface area contributed by atoms with Gasteiger partial charge in [-0.25, -0.2) is 8.78 Å². The molecule has 0 aromatic heterocycles. The van der Waals surface area contributed by atoms with Gasteiger partial charge in [0.15, 0.2) is 11.6 Å². The zero-order valence-corrected chi connectivity index (χ0v) is 14.8. The maximum absolute atomic E-state index is 14.8. The van der Waals surface area contributed by atoms with Crippen LogP contribution in [-0.4, -0.2) is 31.2 Å². The molecule has 0 bridgehead atoms. The van der Waals surface area contributed by atoms with E-state index in [1.807, 2.05) is 6.26 Å². The Balaban J connectivity index is 1.98. The van der Waals surface area contributed by atoms with Crippen LogP contribution in [0.4, 0.5) is 20.2 Å². The Labute approximate surface area is 153 Å². The van der Waals surface area contributed by atoms with Gasteiger partial charge in [-0.05, 0) is 24.6 Å². The van der Waals surface area contributed by atoms with Crippen LogP contribution in [0.1, 0.15) is 6.42 Å². The van der Waals surface area contributed by atoms with Gasteiger partial charge in [-0.15, -0.1) is 0 Å². The molecule has 0 radical (unpaired) electrons. The molecule has 136 valence electrons. The van der Waals surface area contributed by atoms with Crippen molar-refractivity contribution in [2.75, 3.05) is 22.4 Å². The maximum Gasteiger partial charge on any atom is 0.249 e. The first-order chi connectivity index (χ1) is 12.6. The molecule has 8 heteroatoms. The van der Waals surface area contributed by atoms with Crippen molar-refractivity contribution in [3.05, 3.63) is 48.0 Å². The summed E-state index contributed by atoms with van der Waals surface area (Å²) in [5.74, 6) is -2.55. The van der Waals surface area contributed by atoms with Gasteiger partial charge in [-0.1, -0.05) is 30.1 Å². The quantitative estimate of drug-likeness (QED) is 0.600. The lowest BCUT2D eigenvalue weighted by Crippen LogP contribution is -2.38. The largest absolute Gasteiger partial charge is 0.347 e. The number of hydrogen-bond donors (Lipinski definition) is 2. The van der Waals surface area contributed by atoms with Crippen LogP contribution in [-0.2, 0) is 9.59 Å². The number of carbonyl (C=O) groups excluding carboxylic acids is 2. The van der Waals surface area contributed by atoms with E-state index in [-0.39, 0.29) is 17.8 Å².